The minimum Gasteiger partial charge on any atom is -0.478 e. The van der Waals surface area contributed by atoms with Gasteiger partial charge in [-0.2, -0.15) is 13.2 Å². The molecule has 0 spiro atoms. The highest BCUT2D eigenvalue weighted by molar-refractivity contribution is 6.30. The number of benzene rings is 1. The highest BCUT2D eigenvalue weighted by Gasteiger charge is 2.48. The molecule has 1 amide bonds. The molecule has 3 rings (SSSR count). The SMILES string of the molecule is O=C1C[C@H](C(F)(F)F)c2c(c(C(=O)O)cn2-c2cccc(Cl)c2)N1. The highest BCUT2D eigenvalue weighted by Crippen LogP contribution is 2.46. The molecule has 0 unspecified atom stereocenters. The average Bonchev–Trinajstić information content (AvgIpc) is 2.84. The highest BCUT2D eigenvalue weighted by atomic mass is 35.5. The third-order valence-electron chi connectivity index (χ3n) is 3.74. The maximum Gasteiger partial charge on any atom is 0.397 e. The molecule has 126 valence electrons. The van der Waals surface area contributed by atoms with Crippen molar-refractivity contribution in [1.82, 2.24) is 4.57 Å². The predicted molar refractivity (Wildman–Crippen MR) is 79.8 cm³/mol. The quantitative estimate of drug-likeness (QED) is 0.857. The smallest absolute Gasteiger partial charge is 0.397 e. The van der Waals surface area contributed by atoms with Crippen LogP contribution in [-0.4, -0.2) is 27.7 Å². The molecule has 1 aromatic carbocycles. The van der Waals surface area contributed by atoms with Crippen molar-refractivity contribution in [2.45, 2.75) is 18.5 Å². The van der Waals surface area contributed by atoms with Gasteiger partial charge in [0.2, 0.25) is 5.91 Å². The van der Waals surface area contributed by atoms with Gasteiger partial charge in [-0.15, -0.1) is 0 Å². The number of nitrogens with zero attached hydrogens (tertiary/aromatic N) is 1. The molecule has 1 aromatic heterocycles. The molecule has 2 N–H and O–H groups in total. The van der Waals surface area contributed by atoms with Gasteiger partial charge in [0.15, 0.2) is 0 Å². The summed E-state index contributed by atoms with van der Waals surface area (Å²) >= 11 is 5.88. The van der Waals surface area contributed by atoms with Crippen molar-refractivity contribution < 1.29 is 27.9 Å². The molecule has 2 aromatic rings. The van der Waals surface area contributed by atoms with Crippen LogP contribution in [0.2, 0.25) is 5.02 Å². The molecule has 1 aliphatic heterocycles. The number of hydrogen-bond acceptors (Lipinski definition) is 2. The first-order valence-electron chi connectivity index (χ1n) is 6.79. The molecule has 0 bridgehead atoms. The average molecular weight is 359 g/mol. The number of carbonyl (C=O) groups excluding carboxylic acids is 1. The lowest BCUT2D eigenvalue weighted by Crippen LogP contribution is -2.33. The van der Waals surface area contributed by atoms with Gasteiger partial charge in [-0.05, 0) is 18.2 Å². The maximum atomic E-state index is 13.4. The fraction of sp³-hybridized carbons (Fsp3) is 0.200. The van der Waals surface area contributed by atoms with Crippen molar-refractivity contribution in [3.63, 3.8) is 0 Å². The van der Waals surface area contributed by atoms with Crippen LogP contribution in [0.5, 0.6) is 0 Å². The summed E-state index contributed by atoms with van der Waals surface area (Å²) in [4.78, 5) is 23.0. The van der Waals surface area contributed by atoms with E-state index in [2.05, 4.69) is 5.32 Å². The summed E-state index contributed by atoms with van der Waals surface area (Å²) in [6.45, 7) is 0. The Labute approximate surface area is 138 Å². The summed E-state index contributed by atoms with van der Waals surface area (Å²) < 4.78 is 41.3. The van der Waals surface area contributed by atoms with Crippen LogP contribution in [0.25, 0.3) is 5.69 Å². The van der Waals surface area contributed by atoms with Gasteiger partial charge in [0, 0.05) is 23.3 Å². The van der Waals surface area contributed by atoms with E-state index in [9.17, 15) is 27.9 Å². The Morgan fingerprint density at radius 2 is 2.08 bits per heavy atom. The number of nitrogens with one attached hydrogen (secondary N) is 1. The van der Waals surface area contributed by atoms with Crippen LogP contribution >= 0.6 is 11.6 Å². The first kappa shape index (κ1) is 16.4. The van der Waals surface area contributed by atoms with Crippen LogP contribution < -0.4 is 5.32 Å². The number of fused-ring (bicyclic) bond motifs is 1. The molecule has 0 aliphatic carbocycles. The Kier molecular flexibility index (Phi) is 3.79. The minimum atomic E-state index is -4.70. The summed E-state index contributed by atoms with van der Waals surface area (Å²) in [7, 11) is 0. The van der Waals surface area contributed by atoms with Crippen molar-refractivity contribution in [2.24, 2.45) is 0 Å². The van der Waals surface area contributed by atoms with Gasteiger partial charge in [0.1, 0.15) is 11.5 Å². The molecule has 0 saturated carbocycles. The summed E-state index contributed by atoms with van der Waals surface area (Å²) in [5, 5.41) is 11.8. The lowest BCUT2D eigenvalue weighted by Gasteiger charge is -2.27. The second-order valence-corrected chi connectivity index (χ2v) is 5.74. The van der Waals surface area contributed by atoms with Crippen molar-refractivity contribution in [3.8, 4) is 5.69 Å². The summed E-state index contributed by atoms with van der Waals surface area (Å²) in [6, 6.07) is 6.00. The molecular formula is C15H10ClF3N2O3. The Bertz CT molecular complexity index is 845. The Morgan fingerprint density at radius 3 is 2.67 bits per heavy atom. The van der Waals surface area contributed by atoms with E-state index in [1.54, 1.807) is 6.07 Å². The number of rotatable bonds is 2. The van der Waals surface area contributed by atoms with Crippen LogP contribution in [0, 0.1) is 0 Å². The number of carboxylic acid groups (broad SMARTS) is 1. The molecule has 0 fully saturated rings. The van der Waals surface area contributed by atoms with Gasteiger partial charge in [0.25, 0.3) is 0 Å². The Morgan fingerprint density at radius 1 is 1.38 bits per heavy atom. The monoisotopic (exact) mass is 358 g/mol. The van der Waals surface area contributed by atoms with Gasteiger partial charge in [-0.25, -0.2) is 4.79 Å². The van der Waals surface area contributed by atoms with Crippen molar-refractivity contribution in [2.75, 3.05) is 5.32 Å². The van der Waals surface area contributed by atoms with Crippen LogP contribution in [0.3, 0.4) is 0 Å². The number of halogens is 4. The number of carbonyl (C=O) groups is 2. The fourth-order valence-electron chi connectivity index (χ4n) is 2.74. The molecule has 1 atom stereocenters. The molecule has 9 heteroatoms. The lowest BCUT2D eigenvalue weighted by molar-refractivity contribution is -0.157. The zero-order valence-corrected chi connectivity index (χ0v) is 12.6. The normalized spacial score (nSPS) is 17.3. The van der Waals surface area contributed by atoms with E-state index in [1.165, 1.54) is 18.2 Å². The number of aromatic nitrogens is 1. The van der Waals surface area contributed by atoms with Gasteiger partial charge in [-0.3, -0.25) is 4.79 Å². The van der Waals surface area contributed by atoms with E-state index in [0.717, 1.165) is 10.8 Å². The third-order valence-corrected chi connectivity index (χ3v) is 3.97. The van der Waals surface area contributed by atoms with Crippen molar-refractivity contribution >= 4 is 29.2 Å². The van der Waals surface area contributed by atoms with Gasteiger partial charge in [0.05, 0.1) is 11.4 Å². The second kappa shape index (κ2) is 5.55. The van der Waals surface area contributed by atoms with Gasteiger partial charge >= 0.3 is 12.1 Å². The maximum absolute atomic E-state index is 13.4. The summed E-state index contributed by atoms with van der Waals surface area (Å²) in [5.74, 6) is -4.42. The fourth-order valence-corrected chi connectivity index (χ4v) is 2.92. The van der Waals surface area contributed by atoms with E-state index < -0.39 is 36.0 Å². The van der Waals surface area contributed by atoms with E-state index in [4.69, 9.17) is 11.6 Å². The molecule has 2 heterocycles. The summed E-state index contributed by atoms with van der Waals surface area (Å²) in [5.41, 5.74) is -0.785. The molecule has 0 saturated heterocycles. The predicted octanol–water partition coefficient (Wildman–Crippen LogP) is 3.82. The van der Waals surface area contributed by atoms with Crippen LogP contribution in [0.15, 0.2) is 30.5 Å². The zero-order chi connectivity index (χ0) is 17.6. The van der Waals surface area contributed by atoms with E-state index in [-0.39, 0.29) is 22.1 Å². The van der Waals surface area contributed by atoms with Crippen LogP contribution in [0.4, 0.5) is 18.9 Å². The van der Waals surface area contributed by atoms with Crippen LogP contribution in [0.1, 0.15) is 28.4 Å². The Hall–Kier alpha value is -2.48. The lowest BCUT2D eigenvalue weighted by atomic mass is 9.94. The summed E-state index contributed by atoms with van der Waals surface area (Å²) in [6.07, 6.45) is -4.44. The molecule has 5 nitrogen and oxygen atoms in total. The van der Waals surface area contributed by atoms with Crippen LogP contribution in [-0.2, 0) is 4.79 Å². The number of carboxylic acids is 1. The molecule has 24 heavy (non-hydrogen) atoms. The zero-order valence-electron chi connectivity index (χ0n) is 11.9. The molecule has 1 aliphatic rings. The van der Waals surface area contributed by atoms with E-state index in [1.807, 2.05) is 0 Å². The topological polar surface area (TPSA) is 71.3 Å². The number of aromatic carboxylic acids is 1. The molecule has 0 radical (unpaired) electrons. The first-order chi connectivity index (χ1) is 11.2. The largest absolute Gasteiger partial charge is 0.478 e. The van der Waals surface area contributed by atoms with Gasteiger partial charge in [-0.1, -0.05) is 17.7 Å². The first-order valence-corrected chi connectivity index (χ1v) is 7.17. The number of hydrogen-bond donors (Lipinski definition) is 2. The van der Waals surface area contributed by atoms with Gasteiger partial charge < -0.3 is 15.0 Å². The third kappa shape index (κ3) is 2.73. The van der Waals surface area contributed by atoms with E-state index in [0.29, 0.717) is 0 Å². The van der Waals surface area contributed by atoms with Crippen molar-refractivity contribution in [3.05, 3.63) is 46.7 Å². The second-order valence-electron chi connectivity index (χ2n) is 5.30. The number of anilines is 1. The van der Waals surface area contributed by atoms with Crippen molar-refractivity contribution in [1.29, 1.82) is 0 Å². The van der Waals surface area contributed by atoms with E-state index >= 15 is 0 Å². The molecular weight excluding hydrogens is 349 g/mol. The standard InChI is InChI=1S/C15H10ClF3N2O3/c16-7-2-1-3-8(4-7)21-6-9(14(23)24)12-13(21)10(15(17,18)19)5-11(22)20-12/h1-4,6,10H,5H2,(H,20,22)(H,23,24)/t10-/m0/s1. The number of alkyl halides is 3. The number of amides is 1. The Balaban J connectivity index is 2.30. The minimum absolute atomic E-state index is 0.275.